The molecule has 2 nitrogen and oxygen atoms in total. The van der Waals surface area contributed by atoms with E-state index in [1.807, 2.05) is 12.1 Å². The molecule has 1 aromatic rings. The molecule has 0 aliphatic carbocycles. The highest BCUT2D eigenvalue weighted by Crippen LogP contribution is 2.31. The Morgan fingerprint density at radius 1 is 1.44 bits per heavy atom. The van der Waals surface area contributed by atoms with Crippen molar-refractivity contribution in [2.75, 3.05) is 26.0 Å². The second kappa shape index (κ2) is 5.85. The lowest BCUT2D eigenvalue weighted by molar-refractivity contribution is 0.248. The van der Waals surface area contributed by atoms with Gasteiger partial charge in [0.2, 0.25) is 0 Å². The monoisotopic (exact) mass is 329 g/mol. The third kappa shape index (κ3) is 3.65. The van der Waals surface area contributed by atoms with Crippen LogP contribution in [0.2, 0.25) is 0 Å². The summed E-state index contributed by atoms with van der Waals surface area (Å²) in [5.74, 6) is 2.19. The maximum Gasteiger partial charge on any atom is 0.123 e. The van der Waals surface area contributed by atoms with Crippen LogP contribution in [-0.2, 0) is 6.54 Å². The lowest BCUT2D eigenvalue weighted by atomic mass is 10.1. The molecule has 1 heterocycles. The molecule has 2 rings (SSSR count). The standard InChI is InChI=1S/C14H20BrNOS/c1-14(2)10-16(6-7-18-14)9-11-8-12(15)4-5-13(11)17-3/h4-5,8H,6-7,9-10H2,1-3H3. The summed E-state index contributed by atoms with van der Waals surface area (Å²) in [7, 11) is 1.74. The minimum absolute atomic E-state index is 0.359. The van der Waals surface area contributed by atoms with Crippen molar-refractivity contribution >= 4 is 27.7 Å². The Morgan fingerprint density at radius 2 is 2.22 bits per heavy atom. The molecule has 4 heteroatoms. The number of hydrogen-bond acceptors (Lipinski definition) is 3. The van der Waals surface area contributed by atoms with E-state index in [-0.39, 0.29) is 0 Å². The minimum atomic E-state index is 0.359. The van der Waals surface area contributed by atoms with Crippen LogP contribution in [-0.4, -0.2) is 35.6 Å². The molecule has 0 N–H and O–H groups in total. The van der Waals surface area contributed by atoms with E-state index in [1.54, 1.807) is 7.11 Å². The van der Waals surface area contributed by atoms with Crippen molar-refractivity contribution in [3.05, 3.63) is 28.2 Å². The number of methoxy groups -OCH3 is 1. The molecule has 18 heavy (non-hydrogen) atoms. The molecule has 0 amide bonds. The average molecular weight is 330 g/mol. The fourth-order valence-electron chi connectivity index (χ4n) is 2.36. The van der Waals surface area contributed by atoms with Gasteiger partial charge in [-0.25, -0.2) is 0 Å². The van der Waals surface area contributed by atoms with E-state index in [0.29, 0.717) is 4.75 Å². The fraction of sp³-hybridized carbons (Fsp3) is 0.571. The molecule has 0 atom stereocenters. The van der Waals surface area contributed by atoms with E-state index < -0.39 is 0 Å². The number of thioether (sulfide) groups is 1. The third-order valence-electron chi connectivity index (χ3n) is 3.14. The Balaban J connectivity index is 2.11. The van der Waals surface area contributed by atoms with Gasteiger partial charge in [-0.1, -0.05) is 15.9 Å². The molecule has 0 aromatic heterocycles. The Kier molecular flexibility index (Phi) is 4.62. The van der Waals surface area contributed by atoms with Crippen LogP contribution < -0.4 is 4.74 Å². The fourth-order valence-corrected chi connectivity index (χ4v) is 3.95. The van der Waals surface area contributed by atoms with Crippen molar-refractivity contribution in [1.29, 1.82) is 0 Å². The van der Waals surface area contributed by atoms with Gasteiger partial charge in [0, 0.05) is 40.2 Å². The van der Waals surface area contributed by atoms with Gasteiger partial charge >= 0.3 is 0 Å². The number of benzene rings is 1. The maximum absolute atomic E-state index is 5.44. The van der Waals surface area contributed by atoms with Crippen molar-refractivity contribution in [3.8, 4) is 5.75 Å². The first-order chi connectivity index (χ1) is 8.50. The number of rotatable bonds is 3. The number of nitrogens with zero attached hydrogens (tertiary/aromatic N) is 1. The third-order valence-corrected chi connectivity index (χ3v) is 4.93. The van der Waals surface area contributed by atoms with Gasteiger partial charge in [-0.15, -0.1) is 0 Å². The molecular formula is C14H20BrNOS. The molecule has 0 saturated carbocycles. The summed E-state index contributed by atoms with van der Waals surface area (Å²) in [6, 6.07) is 6.22. The topological polar surface area (TPSA) is 12.5 Å². The molecule has 1 saturated heterocycles. The van der Waals surface area contributed by atoms with Crippen LogP contribution >= 0.6 is 27.7 Å². The Hall–Kier alpha value is -0.190. The van der Waals surface area contributed by atoms with E-state index in [2.05, 4.69) is 52.5 Å². The summed E-state index contributed by atoms with van der Waals surface area (Å²) in [5.41, 5.74) is 1.26. The van der Waals surface area contributed by atoms with Gasteiger partial charge in [-0.2, -0.15) is 11.8 Å². The molecule has 1 aromatic carbocycles. The molecule has 1 fully saturated rings. The van der Waals surface area contributed by atoms with Gasteiger partial charge in [0.1, 0.15) is 5.75 Å². The Labute approximate surface area is 122 Å². The molecule has 0 spiro atoms. The molecule has 0 unspecified atom stereocenters. The van der Waals surface area contributed by atoms with Crippen LogP contribution in [0.4, 0.5) is 0 Å². The van der Waals surface area contributed by atoms with E-state index in [1.165, 1.54) is 11.3 Å². The van der Waals surface area contributed by atoms with E-state index in [0.717, 1.165) is 29.9 Å². The van der Waals surface area contributed by atoms with Crippen LogP contribution in [0.3, 0.4) is 0 Å². The van der Waals surface area contributed by atoms with E-state index in [9.17, 15) is 0 Å². The van der Waals surface area contributed by atoms with Crippen molar-refractivity contribution in [2.24, 2.45) is 0 Å². The van der Waals surface area contributed by atoms with Gasteiger partial charge in [-0.3, -0.25) is 4.90 Å². The highest BCUT2D eigenvalue weighted by Gasteiger charge is 2.27. The predicted molar refractivity (Wildman–Crippen MR) is 82.5 cm³/mol. The minimum Gasteiger partial charge on any atom is -0.496 e. The lowest BCUT2D eigenvalue weighted by Crippen LogP contribution is -2.42. The molecule has 100 valence electrons. The number of halogens is 1. The maximum atomic E-state index is 5.44. The zero-order valence-electron chi connectivity index (χ0n) is 11.2. The van der Waals surface area contributed by atoms with Gasteiger partial charge in [0.15, 0.2) is 0 Å². The first kappa shape index (κ1) is 14.2. The summed E-state index contributed by atoms with van der Waals surface area (Å²) < 4.78 is 6.91. The van der Waals surface area contributed by atoms with Crippen molar-refractivity contribution in [1.82, 2.24) is 4.90 Å². The largest absolute Gasteiger partial charge is 0.496 e. The predicted octanol–water partition coefficient (Wildman–Crippen LogP) is 3.79. The second-order valence-corrected chi connectivity index (χ2v) is 7.99. The van der Waals surface area contributed by atoms with Gasteiger partial charge in [0.25, 0.3) is 0 Å². The average Bonchev–Trinajstić information content (AvgIpc) is 2.28. The van der Waals surface area contributed by atoms with Gasteiger partial charge in [-0.05, 0) is 32.0 Å². The zero-order valence-corrected chi connectivity index (χ0v) is 13.6. The molecule has 0 radical (unpaired) electrons. The second-order valence-electron chi connectivity index (χ2n) is 5.27. The summed E-state index contributed by atoms with van der Waals surface area (Å²) >= 11 is 5.60. The quantitative estimate of drug-likeness (QED) is 0.837. The zero-order chi connectivity index (χ0) is 13.2. The lowest BCUT2D eigenvalue weighted by Gasteiger charge is -2.37. The molecular weight excluding hydrogens is 310 g/mol. The van der Waals surface area contributed by atoms with Crippen LogP contribution in [0.1, 0.15) is 19.4 Å². The number of ether oxygens (including phenoxy) is 1. The van der Waals surface area contributed by atoms with Crippen molar-refractivity contribution in [2.45, 2.75) is 25.1 Å². The highest BCUT2D eigenvalue weighted by atomic mass is 79.9. The smallest absolute Gasteiger partial charge is 0.123 e. The molecule has 1 aliphatic heterocycles. The summed E-state index contributed by atoms with van der Waals surface area (Å²) in [4.78, 5) is 2.51. The van der Waals surface area contributed by atoms with E-state index in [4.69, 9.17) is 4.74 Å². The molecule has 0 bridgehead atoms. The first-order valence-corrected chi connectivity index (χ1v) is 7.97. The SMILES string of the molecule is COc1ccc(Br)cc1CN1CCSC(C)(C)C1. The van der Waals surface area contributed by atoms with Crippen LogP contribution in [0, 0.1) is 0 Å². The first-order valence-electron chi connectivity index (χ1n) is 6.19. The van der Waals surface area contributed by atoms with E-state index >= 15 is 0 Å². The van der Waals surface area contributed by atoms with Gasteiger partial charge in [0.05, 0.1) is 7.11 Å². The van der Waals surface area contributed by atoms with Crippen LogP contribution in [0.5, 0.6) is 5.75 Å². The van der Waals surface area contributed by atoms with Crippen LogP contribution in [0.15, 0.2) is 22.7 Å². The molecule has 1 aliphatic rings. The Bertz CT molecular complexity index is 422. The van der Waals surface area contributed by atoms with Gasteiger partial charge < -0.3 is 4.74 Å². The summed E-state index contributed by atoms with van der Waals surface area (Å²) in [5, 5.41) is 0. The number of hydrogen-bond donors (Lipinski definition) is 0. The Morgan fingerprint density at radius 3 is 2.89 bits per heavy atom. The normalized spacial score (nSPS) is 19.8. The summed E-state index contributed by atoms with van der Waals surface area (Å²) in [6.07, 6.45) is 0. The van der Waals surface area contributed by atoms with Crippen LogP contribution in [0.25, 0.3) is 0 Å². The summed E-state index contributed by atoms with van der Waals surface area (Å²) in [6.45, 7) is 7.90. The highest BCUT2D eigenvalue weighted by molar-refractivity contribution is 9.10. The van der Waals surface area contributed by atoms with Crippen molar-refractivity contribution in [3.63, 3.8) is 0 Å². The van der Waals surface area contributed by atoms with Crippen molar-refractivity contribution < 1.29 is 4.74 Å².